The van der Waals surface area contributed by atoms with Gasteiger partial charge in [-0.2, -0.15) is 0 Å². The van der Waals surface area contributed by atoms with Gasteiger partial charge >= 0.3 is 0 Å². The molecule has 0 aliphatic heterocycles. The number of carbonyl (C=O) groups excluding carboxylic acids is 2. The summed E-state index contributed by atoms with van der Waals surface area (Å²) in [7, 11) is 0. The minimum atomic E-state index is -1.28. The molecule has 0 aliphatic carbocycles. The summed E-state index contributed by atoms with van der Waals surface area (Å²) in [6, 6.07) is 13.9. The number of anilines is 1. The van der Waals surface area contributed by atoms with Crippen LogP contribution in [0.15, 0.2) is 48.5 Å². The van der Waals surface area contributed by atoms with Gasteiger partial charge in [0.2, 0.25) is 11.8 Å². The highest BCUT2D eigenvalue weighted by atomic mass is 16.3. The number of rotatable bonds is 5. The fourth-order valence-corrected chi connectivity index (χ4v) is 2.44. The van der Waals surface area contributed by atoms with Gasteiger partial charge in [-0.1, -0.05) is 36.4 Å². The molecule has 1 unspecified atom stereocenters. The lowest BCUT2D eigenvalue weighted by Gasteiger charge is -2.23. The van der Waals surface area contributed by atoms with Crippen LogP contribution in [0.4, 0.5) is 5.69 Å². The minimum Gasteiger partial charge on any atom is -0.385 e. The zero-order valence-corrected chi connectivity index (χ0v) is 13.2. The van der Waals surface area contributed by atoms with Crippen molar-refractivity contribution in [2.24, 2.45) is 5.73 Å². The molecule has 4 N–H and O–H groups in total. The van der Waals surface area contributed by atoms with Crippen molar-refractivity contribution in [1.82, 2.24) is 0 Å². The Labute approximate surface area is 135 Å². The first-order valence-corrected chi connectivity index (χ1v) is 7.28. The monoisotopic (exact) mass is 312 g/mol. The van der Waals surface area contributed by atoms with Crippen LogP contribution in [-0.2, 0) is 10.4 Å². The third kappa shape index (κ3) is 3.96. The van der Waals surface area contributed by atoms with Gasteiger partial charge in [0.05, 0.1) is 12.0 Å². The van der Waals surface area contributed by atoms with Crippen molar-refractivity contribution in [3.8, 4) is 0 Å². The number of aliphatic hydroxyl groups is 1. The highest BCUT2D eigenvalue weighted by molar-refractivity contribution is 5.98. The van der Waals surface area contributed by atoms with Gasteiger partial charge in [-0.15, -0.1) is 0 Å². The van der Waals surface area contributed by atoms with Gasteiger partial charge < -0.3 is 16.2 Å². The highest BCUT2D eigenvalue weighted by Crippen LogP contribution is 2.25. The summed E-state index contributed by atoms with van der Waals surface area (Å²) in [5.74, 6) is -0.890. The minimum absolute atomic E-state index is 0.0999. The number of hydrogen-bond donors (Lipinski definition) is 3. The molecular formula is C18H20N2O3. The van der Waals surface area contributed by atoms with Gasteiger partial charge in [-0.25, -0.2) is 0 Å². The standard InChI is InChI=1S/C18H20N2O3/c1-12-14(17(19)22)9-6-10-15(12)20-16(21)11-18(2,23)13-7-4-3-5-8-13/h3-10,23H,11H2,1-2H3,(H2,19,22)(H,20,21). The molecule has 1 atom stereocenters. The van der Waals surface area contributed by atoms with E-state index >= 15 is 0 Å². The average molecular weight is 312 g/mol. The van der Waals surface area contributed by atoms with Crippen LogP contribution >= 0.6 is 0 Å². The number of carbonyl (C=O) groups is 2. The van der Waals surface area contributed by atoms with Crippen molar-refractivity contribution in [3.63, 3.8) is 0 Å². The molecule has 0 heterocycles. The fourth-order valence-electron chi connectivity index (χ4n) is 2.44. The summed E-state index contributed by atoms with van der Waals surface area (Å²) in [6.07, 6.45) is -0.0999. The second-order valence-electron chi connectivity index (χ2n) is 5.71. The Hall–Kier alpha value is -2.66. The van der Waals surface area contributed by atoms with Crippen LogP contribution in [-0.4, -0.2) is 16.9 Å². The first kappa shape index (κ1) is 16.7. The number of primary amides is 1. The second kappa shape index (κ2) is 6.62. The molecule has 0 spiro atoms. The molecule has 2 aromatic carbocycles. The van der Waals surface area contributed by atoms with Crippen LogP contribution in [0.5, 0.6) is 0 Å². The Bertz CT molecular complexity index is 724. The van der Waals surface area contributed by atoms with Gasteiger partial charge in [-0.3, -0.25) is 9.59 Å². The summed E-state index contributed by atoms with van der Waals surface area (Å²) >= 11 is 0. The van der Waals surface area contributed by atoms with E-state index in [1.54, 1.807) is 44.2 Å². The van der Waals surface area contributed by atoms with Gasteiger partial charge in [-0.05, 0) is 37.1 Å². The number of nitrogens with one attached hydrogen (secondary N) is 1. The van der Waals surface area contributed by atoms with E-state index in [0.29, 0.717) is 22.4 Å². The average Bonchev–Trinajstić information content (AvgIpc) is 2.49. The SMILES string of the molecule is Cc1c(NC(=O)CC(C)(O)c2ccccc2)cccc1C(N)=O. The Morgan fingerprint density at radius 2 is 1.78 bits per heavy atom. The number of nitrogens with two attached hydrogens (primary N) is 1. The molecule has 0 radical (unpaired) electrons. The van der Waals surface area contributed by atoms with Crippen LogP contribution in [0.25, 0.3) is 0 Å². The molecule has 2 rings (SSSR count). The van der Waals surface area contributed by atoms with E-state index in [4.69, 9.17) is 5.73 Å². The smallest absolute Gasteiger partial charge is 0.249 e. The maximum atomic E-state index is 12.2. The zero-order chi connectivity index (χ0) is 17.0. The molecule has 5 nitrogen and oxygen atoms in total. The topological polar surface area (TPSA) is 92.4 Å². The fraction of sp³-hybridized carbons (Fsp3) is 0.222. The van der Waals surface area contributed by atoms with Gasteiger partial charge in [0.25, 0.3) is 0 Å². The van der Waals surface area contributed by atoms with E-state index in [0.717, 1.165) is 0 Å². The summed E-state index contributed by atoms with van der Waals surface area (Å²) in [4.78, 5) is 23.6. The van der Waals surface area contributed by atoms with Crippen molar-refractivity contribution in [1.29, 1.82) is 0 Å². The normalized spacial score (nSPS) is 13.2. The molecule has 0 aliphatic rings. The maximum Gasteiger partial charge on any atom is 0.249 e. The largest absolute Gasteiger partial charge is 0.385 e. The van der Waals surface area contributed by atoms with E-state index in [9.17, 15) is 14.7 Å². The van der Waals surface area contributed by atoms with Crippen molar-refractivity contribution in [2.75, 3.05) is 5.32 Å². The lowest BCUT2D eigenvalue weighted by Crippen LogP contribution is -2.28. The Kier molecular flexibility index (Phi) is 4.81. The number of benzene rings is 2. The lowest BCUT2D eigenvalue weighted by atomic mass is 9.92. The van der Waals surface area contributed by atoms with Crippen LogP contribution in [0.2, 0.25) is 0 Å². The van der Waals surface area contributed by atoms with Gasteiger partial charge in [0.15, 0.2) is 0 Å². The Morgan fingerprint density at radius 3 is 2.39 bits per heavy atom. The molecule has 23 heavy (non-hydrogen) atoms. The molecule has 0 saturated carbocycles. The molecule has 2 amide bonds. The number of hydrogen-bond acceptors (Lipinski definition) is 3. The lowest BCUT2D eigenvalue weighted by molar-refractivity contribution is -0.120. The van der Waals surface area contributed by atoms with E-state index in [1.807, 2.05) is 18.2 Å². The van der Waals surface area contributed by atoms with Crippen molar-refractivity contribution in [3.05, 3.63) is 65.2 Å². The van der Waals surface area contributed by atoms with Crippen molar-refractivity contribution >= 4 is 17.5 Å². The molecule has 0 saturated heterocycles. The van der Waals surface area contributed by atoms with E-state index < -0.39 is 11.5 Å². The van der Waals surface area contributed by atoms with Gasteiger partial charge in [0.1, 0.15) is 0 Å². The Morgan fingerprint density at radius 1 is 1.13 bits per heavy atom. The third-order valence-corrected chi connectivity index (χ3v) is 3.77. The van der Waals surface area contributed by atoms with Crippen LogP contribution in [0.3, 0.4) is 0 Å². The first-order valence-electron chi connectivity index (χ1n) is 7.28. The van der Waals surface area contributed by atoms with Crippen LogP contribution in [0, 0.1) is 6.92 Å². The molecule has 0 aromatic heterocycles. The van der Waals surface area contributed by atoms with Crippen molar-refractivity contribution in [2.45, 2.75) is 25.9 Å². The first-order chi connectivity index (χ1) is 10.8. The molecule has 0 fully saturated rings. The molecular weight excluding hydrogens is 292 g/mol. The number of amides is 2. The second-order valence-corrected chi connectivity index (χ2v) is 5.71. The molecule has 120 valence electrons. The van der Waals surface area contributed by atoms with Crippen molar-refractivity contribution < 1.29 is 14.7 Å². The Balaban J connectivity index is 2.14. The summed E-state index contributed by atoms with van der Waals surface area (Å²) < 4.78 is 0. The van der Waals surface area contributed by atoms with E-state index in [-0.39, 0.29) is 12.3 Å². The highest BCUT2D eigenvalue weighted by Gasteiger charge is 2.26. The molecule has 0 bridgehead atoms. The molecule has 2 aromatic rings. The van der Waals surface area contributed by atoms with E-state index in [1.165, 1.54) is 0 Å². The van der Waals surface area contributed by atoms with Gasteiger partial charge in [0, 0.05) is 11.3 Å². The van der Waals surface area contributed by atoms with E-state index in [2.05, 4.69) is 5.32 Å². The van der Waals surface area contributed by atoms with Crippen LogP contribution in [0.1, 0.15) is 34.8 Å². The van der Waals surface area contributed by atoms with Crippen LogP contribution < -0.4 is 11.1 Å². The predicted octanol–water partition coefficient (Wildman–Crippen LogP) is 2.33. The summed E-state index contributed by atoms with van der Waals surface area (Å²) in [5, 5.41) is 13.2. The quantitative estimate of drug-likeness (QED) is 0.791. The zero-order valence-electron chi connectivity index (χ0n) is 13.2. The predicted molar refractivity (Wildman–Crippen MR) is 89.0 cm³/mol. The molecule has 5 heteroatoms. The third-order valence-electron chi connectivity index (χ3n) is 3.77. The summed E-state index contributed by atoms with van der Waals surface area (Å²) in [6.45, 7) is 3.31. The summed E-state index contributed by atoms with van der Waals surface area (Å²) in [5.41, 5.74) is 6.16. The maximum absolute atomic E-state index is 12.2.